The maximum Gasteiger partial charge on any atom is 0.244 e. The lowest BCUT2D eigenvalue weighted by molar-refractivity contribution is -0.126. The number of nitrogens with two attached hydrogens (primary N) is 2. The molecule has 1 fully saturated rings. The van der Waals surface area contributed by atoms with Crippen LogP contribution in [0, 0.1) is 0 Å². The first-order valence-electron chi connectivity index (χ1n) is 6.46. The Morgan fingerprint density at radius 3 is 2.74 bits per heavy atom. The van der Waals surface area contributed by atoms with Crippen LogP contribution in [0.1, 0.15) is 18.4 Å². The minimum atomic E-state index is -1.29. The third-order valence-electron chi connectivity index (χ3n) is 3.39. The van der Waals surface area contributed by atoms with Gasteiger partial charge in [-0.1, -0.05) is 30.3 Å². The van der Waals surface area contributed by atoms with E-state index in [1.165, 1.54) is 0 Å². The first-order chi connectivity index (χ1) is 9.13. The van der Waals surface area contributed by atoms with Crippen molar-refractivity contribution < 1.29 is 14.3 Å². The van der Waals surface area contributed by atoms with Crippen molar-refractivity contribution in [1.82, 2.24) is 0 Å². The van der Waals surface area contributed by atoms with Gasteiger partial charge in [-0.15, -0.1) is 0 Å². The van der Waals surface area contributed by atoms with E-state index in [2.05, 4.69) is 0 Å². The van der Waals surface area contributed by atoms with E-state index in [1.54, 1.807) is 12.1 Å². The van der Waals surface area contributed by atoms with Crippen LogP contribution in [0.15, 0.2) is 30.3 Å². The van der Waals surface area contributed by atoms with Gasteiger partial charge in [-0.25, -0.2) is 0 Å². The summed E-state index contributed by atoms with van der Waals surface area (Å²) in [6.07, 6.45) is 2.14. The molecule has 1 saturated heterocycles. The topological polar surface area (TPSA) is 87.6 Å². The molecule has 1 aliphatic heterocycles. The van der Waals surface area contributed by atoms with Crippen molar-refractivity contribution in [3.8, 4) is 0 Å². The lowest BCUT2D eigenvalue weighted by atomic mass is 9.91. The second kappa shape index (κ2) is 6.14. The number of amides is 1. The predicted octanol–water partition coefficient (Wildman–Crippen LogP) is 0.522. The van der Waals surface area contributed by atoms with Crippen molar-refractivity contribution in [3.63, 3.8) is 0 Å². The molecule has 0 bridgehead atoms. The molecule has 1 aromatic carbocycles. The summed E-state index contributed by atoms with van der Waals surface area (Å²) in [4.78, 5) is 11.6. The average molecular weight is 264 g/mol. The zero-order valence-electron chi connectivity index (χ0n) is 10.9. The van der Waals surface area contributed by atoms with Gasteiger partial charge in [0.15, 0.2) is 0 Å². The van der Waals surface area contributed by atoms with Gasteiger partial charge in [0, 0.05) is 6.61 Å². The van der Waals surface area contributed by atoms with Crippen LogP contribution in [-0.4, -0.2) is 31.8 Å². The van der Waals surface area contributed by atoms with Gasteiger partial charge in [0.05, 0.1) is 19.3 Å². The van der Waals surface area contributed by atoms with Crippen LogP contribution < -0.4 is 11.5 Å². The minimum absolute atomic E-state index is 0.0617. The molecule has 1 heterocycles. The Hall–Kier alpha value is -1.43. The average Bonchev–Trinajstić information content (AvgIpc) is 2.92. The standard InChI is InChI=1S/C14H20N2O3/c15-13(17)14(16,11-5-2-1-3-6-11)10-18-9-12-7-4-8-19-12/h1-3,5-6,12H,4,7-10,16H2,(H2,15,17). The fraction of sp³-hybridized carbons (Fsp3) is 0.500. The Morgan fingerprint density at radius 1 is 1.42 bits per heavy atom. The lowest BCUT2D eigenvalue weighted by Gasteiger charge is -2.26. The van der Waals surface area contributed by atoms with E-state index < -0.39 is 11.4 Å². The van der Waals surface area contributed by atoms with Gasteiger partial charge in [0.2, 0.25) is 5.91 Å². The van der Waals surface area contributed by atoms with Crippen LogP contribution in [0.3, 0.4) is 0 Å². The second-order valence-electron chi connectivity index (χ2n) is 4.85. The molecule has 0 aliphatic carbocycles. The molecule has 1 aliphatic rings. The Labute approximate surface area is 112 Å². The molecule has 2 rings (SSSR count). The maximum absolute atomic E-state index is 11.6. The van der Waals surface area contributed by atoms with Crippen molar-refractivity contribution in [2.24, 2.45) is 11.5 Å². The molecule has 0 aromatic heterocycles. The Bertz CT molecular complexity index is 418. The Morgan fingerprint density at radius 2 is 2.16 bits per heavy atom. The normalized spacial score (nSPS) is 22.1. The number of primary amides is 1. The zero-order valence-corrected chi connectivity index (χ0v) is 10.9. The maximum atomic E-state index is 11.6. The monoisotopic (exact) mass is 264 g/mol. The zero-order chi connectivity index (χ0) is 13.7. The van der Waals surface area contributed by atoms with Gasteiger partial charge in [-0.05, 0) is 18.4 Å². The van der Waals surface area contributed by atoms with Gasteiger partial charge in [0.25, 0.3) is 0 Å². The highest BCUT2D eigenvalue weighted by atomic mass is 16.5. The number of benzene rings is 1. The number of carbonyl (C=O) groups is 1. The Balaban J connectivity index is 1.97. The van der Waals surface area contributed by atoms with Gasteiger partial charge in [-0.2, -0.15) is 0 Å². The van der Waals surface area contributed by atoms with Gasteiger partial charge in [-0.3, -0.25) is 4.79 Å². The Kier molecular flexibility index (Phi) is 4.52. The SMILES string of the molecule is NC(=O)C(N)(COCC1CCCO1)c1ccccc1. The van der Waals surface area contributed by atoms with E-state index >= 15 is 0 Å². The molecule has 19 heavy (non-hydrogen) atoms. The van der Waals surface area contributed by atoms with Gasteiger partial charge in [0.1, 0.15) is 5.54 Å². The molecule has 1 aromatic rings. The fourth-order valence-corrected chi connectivity index (χ4v) is 2.16. The highest BCUT2D eigenvalue weighted by Crippen LogP contribution is 2.19. The summed E-state index contributed by atoms with van der Waals surface area (Å²) in [5, 5.41) is 0. The van der Waals surface area contributed by atoms with E-state index in [-0.39, 0.29) is 12.7 Å². The van der Waals surface area contributed by atoms with E-state index in [0.717, 1.165) is 19.4 Å². The molecule has 2 atom stereocenters. The molecule has 2 unspecified atom stereocenters. The summed E-state index contributed by atoms with van der Waals surface area (Å²) in [5.74, 6) is -0.592. The molecular formula is C14H20N2O3. The van der Waals surface area contributed by atoms with E-state index in [0.29, 0.717) is 12.2 Å². The van der Waals surface area contributed by atoms with E-state index in [1.807, 2.05) is 18.2 Å². The largest absolute Gasteiger partial charge is 0.376 e. The van der Waals surface area contributed by atoms with Crippen LogP contribution in [0.5, 0.6) is 0 Å². The van der Waals surface area contributed by atoms with Gasteiger partial charge >= 0.3 is 0 Å². The van der Waals surface area contributed by atoms with E-state index in [9.17, 15) is 4.79 Å². The van der Waals surface area contributed by atoms with Crippen LogP contribution in [0.4, 0.5) is 0 Å². The molecule has 5 nitrogen and oxygen atoms in total. The summed E-state index contributed by atoms with van der Waals surface area (Å²) >= 11 is 0. The van der Waals surface area contributed by atoms with Crippen molar-refractivity contribution in [2.45, 2.75) is 24.5 Å². The fourth-order valence-electron chi connectivity index (χ4n) is 2.16. The van der Waals surface area contributed by atoms with Crippen LogP contribution in [-0.2, 0) is 19.8 Å². The van der Waals surface area contributed by atoms with Crippen molar-refractivity contribution >= 4 is 5.91 Å². The highest BCUT2D eigenvalue weighted by molar-refractivity contribution is 5.86. The minimum Gasteiger partial charge on any atom is -0.376 e. The second-order valence-corrected chi connectivity index (χ2v) is 4.85. The molecule has 4 N–H and O–H groups in total. The van der Waals surface area contributed by atoms with E-state index in [4.69, 9.17) is 20.9 Å². The van der Waals surface area contributed by atoms with Crippen LogP contribution >= 0.6 is 0 Å². The summed E-state index contributed by atoms with van der Waals surface area (Å²) < 4.78 is 11.0. The molecule has 104 valence electrons. The lowest BCUT2D eigenvalue weighted by Crippen LogP contribution is -2.52. The molecule has 0 radical (unpaired) electrons. The summed E-state index contributed by atoms with van der Waals surface area (Å²) in [7, 11) is 0. The molecule has 0 spiro atoms. The number of carbonyl (C=O) groups excluding carboxylic acids is 1. The first-order valence-corrected chi connectivity index (χ1v) is 6.46. The molecule has 5 heteroatoms. The third-order valence-corrected chi connectivity index (χ3v) is 3.39. The first kappa shape index (κ1) is 14.0. The van der Waals surface area contributed by atoms with Gasteiger partial charge < -0.3 is 20.9 Å². The molecule has 1 amide bonds. The quantitative estimate of drug-likeness (QED) is 0.784. The van der Waals surface area contributed by atoms with Crippen molar-refractivity contribution in [3.05, 3.63) is 35.9 Å². The number of ether oxygens (including phenoxy) is 2. The molecular weight excluding hydrogens is 244 g/mol. The highest BCUT2D eigenvalue weighted by Gasteiger charge is 2.34. The summed E-state index contributed by atoms with van der Waals surface area (Å²) in [6.45, 7) is 1.28. The predicted molar refractivity (Wildman–Crippen MR) is 71.3 cm³/mol. The number of hydrogen-bond acceptors (Lipinski definition) is 4. The third kappa shape index (κ3) is 3.32. The van der Waals surface area contributed by atoms with Crippen molar-refractivity contribution in [2.75, 3.05) is 19.8 Å². The number of hydrogen-bond donors (Lipinski definition) is 2. The van der Waals surface area contributed by atoms with Crippen LogP contribution in [0.25, 0.3) is 0 Å². The number of rotatable bonds is 6. The summed E-state index contributed by atoms with van der Waals surface area (Å²) in [5.41, 5.74) is 10.9. The molecule has 0 saturated carbocycles. The smallest absolute Gasteiger partial charge is 0.244 e. The van der Waals surface area contributed by atoms with Crippen molar-refractivity contribution in [1.29, 1.82) is 0 Å². The summed E-state index contributed by atoms with van der Waals surface area (Å²) in [6, 6.07) is 9.05. The van der Waals surface area contributed by atoms with Crippen LogP contribution in [0.2, 0.25) is 0 Å².